The Hall–Kier alpha value is -1.84. The lowest BCUT2D eigenvalue weighted by Gasteiger charge is -2.14. The third-order valence-corrected chi connectivity index (χ3v) is 2.49. The van der Waals surface area contributed by atoms with Gasteiger partial charge in [-0.2, -0.15) is 0 Å². The molecule has 0 saturated heterocycles. The van der Waals surface area contributed by atoms with Gasteiger partial charge in [0, 0.05) is 5.39 Å². The summed E-state index contributed by atoms with van der Waals surface area (Å²) >= 11 is 0. The molecule has 15 heavy (non-hydrogen) atoms. The van der Waals surface area contributed by atoms with E-state index >= 15 is 0 Å². The van der Waals surface area contributed by atoms with E-state index in [1.807, 2.05) is 18.2 Å². The van der Waals surface area contributed by atoms with Crippen molar-refractivity contribution in [1.82, 2.24) is 5.16 Å². The fourth-order valence-corrected chi connectivity index (χ4v) is 1.44. The number of carboxylic acid groups (broad SMARTS) is 1. The van der Waals surface area contributed by atoms with Crippen LogP contribution >= 0.6 is 0 Å². The molecule has 0 aliphatic rings. The standard InChI is InChI=1S/C11H11NO3/c1-11(2,10(13)14)9-7-5-3-4-6-8(7)12-15-9/h3-6H,1-2H3,(H,13,14). The molecule has 4 heteroatoms. The van der Waals surface area contributed by atoms with E-state index < -0.39 is 11.4 Å². The van der Waals surface area contributed by atoms with Gasteiger partial charge in [0.05, 0.1) is 0 Å². The fourth-order valence-electron chi connectivity index (χ4n) is 1.44. The second-order valence-electron chi connectivity index (χ2n) is 3.96. The van der Waals surface area contributed by atoms with Crippen molar-refractivity contribution in [1.29, 1.82) is 0 Å². The number of aliphatic carboxylic acids is 1. The molecule has 1 aromatic heterocycles. The maximum absolute atomic E-state index is 11.1. The third kappa shape index (κ3) is 1.38. The van der Waals surface area contributed by atoms with Crippen LogP contribution in [-0.4, -0.2) is 16.2 Å². The van der Waals surface area contributed by atoms with Crippen molar-refractivity contribution < 1.29 is 14.4 Å². The van der Waals surface area contributed by atoms with Crippen molar-refractivity contribution in [3.63, 3.8) is 0 Å². The molecule has 0 saturated carbocycles. The number of carboxylic acids is 1. The van der Waals surface area contributed by atoms with Crippen molar-refractivity contribution in [2.24, 2.45) is 0 Å². The Morgan fingerprint density at radius 1 is 1.40 bits per heavy atom. The number of hydrogen-bond acceptors (Lipinski definition) is 3. The molecular weight excluding hydrogens is 194 g/mol. The minimum absolute atomic E-state index is 0.394. The highest BCUT2D eigenvalue weighted by atomic mass is 16.5. The second-order valence-corrected chi connectivity index (χ2v) is 3.96. The first kappa shape index (κ1) is 9.71. The molecule has 0 bridgehead atoms. The van der Waals surface area contributed by atoms with Gasteiger partial charge in [-0.3, -0.25) is 4.79 Å². The summed E-state index contributed by atoms with van der Waals surface area (Å²) in [6.07, 6.45) is 0. The maximum Gasteiger partial charge on any atom is 0.316 e. The Labute approximate surface area is 86.5 Å². The predicted molar refractivity (Wildman–Crippen MR) is 54.7 cm³/mol. The Morgan fingerprint density at radius 2 is 2.07 bits per heavy atom. The summed E-state index contributed by atoms with van der Waals surface area (Å²) in [5, 5.41) is 13.7. The largest absolute Gasteiger partial charge is 0.481 e. The monoisotopic (exact) mass is 205 g/mol. The highest BCUT2D eigenvalue weighted by Crippen LogP contribution is 2.30. The Balaban J connectivity index is 2.67. The molecule has 0 radical (unpaired) electrons. The molecule has 1 heterocycles. The van der Waals surface area contributed by atoms with Crippen molar-refractivity contribution in [3.8, 4) is 0 Å². The first-order valence-electron chi connectivity index (χ1n) is 4.62. The SMILES string of the molecule is CC(C)(C(=O)O)c1onc2ccccc12. The zero-order chi connectivity index (χ0) is 11.1. The Kier molecular flexibility index (Phi) is 2.00. The predicted octanol–water partition coefficient (Wildman–Crippen LogP) is 2.19. The number of carbonyl (C=O) groups is 1. The second kappa shape index (κ2) is 3.08. The van der Waals surface area contributed by atoms with Crippen molar-refractivity contribution in [2.75, 3.05) is 0 Å². The average Bonchev–Trinajstić information content (AvgIpc) is 2.61. The van der Waals surface area contributed by atoms with Crippen LogP contribution in [0.5, 0.6) is 0 Å². The molecule has 0 unspecified atom stereocenters. The van der Waals surface area contributed by atoms with Crippen LogP contribution in [0.15, 0.2) is 28.8 Å². The summed E-state index contributed by atoms with van der Waals surface area (Å²) < 4.78 is 5.11. The van der Waals surface area contributed by atoms with Crippen LogP contribution in [0.1, 0.15) is 19.6 Å². The lowest BCUT2D eigenvalue weighted by Crippen LogP contribution is -2.28. The summed E-state index contributed by atoms with van der Waals surface area (Å²) in [6.45, 7) is 3.20. The van der Waals surface area contributed by atoms with Crippen LogP contribution < -0.4 is 0 Å². The normalized spacial score (nSPS) is 11.9. The van der Waals surface area contributed by atoms with E-state index in [9.17, 15) is 4.79 Å². The molecule has 0 fully saturated rings. The Bertz CT molecular complexity index is 513. The zero-order valence-electron chi connectivity index (χ0n) is 8.52. The van der Waals surface area contributed by atoms with E-state index in [0.717, 1.165) is 5.39 Å². The number of nitrogens with zero attached hydrogens (tertiary/aromatic N) is 1. The van der Waals surface area contributed by atoms with E-state index in [1.165, 1.54) is 0 Å². The van der Waals surface area contributed by atoms with Gasteiger partial charge in [0.15, 0.2) is 5.76 Å². The van der Waals surface area contributed by atoms with E-state index in [2.05, 4.69) is 5.16 Å². The van der Waals surface area contributed by atoms with Gasteiger partial charge in [-0.25, -0.2) is 0 Å². The quantitative estimate of drug-likeness (QED) is 0.816. The van der Waals surface area contributed by atoms with Gasteiger partial charge in [-0.1, -0.05) is 17.3 Å². The van der Waals surface area contributed by atoms with E-state index in [0.29, 0.717) is 11.3 Å². The molecule has 0 atom stereocenters. The molecule has 0 aliphatic carbocycles. The van der Waals surface area contributed by atoms with Crippen LogP contribution in [0.25, 0.3) is 10.9 Å². The molecule has 2 aromatic rings. The van der Waals surface area contributed by atoms with Crippen LogP contribution in [-0.2, 0) is 10.2 Å². The smallest absolute Gasteiger partial charge is 0.316 e. The minimum Gasteiger partial charge on any atom is -0.481 e. The highest BCUT2D eigenvalue weighted by molar-refractivity contribution is 5.88. The number of aromatic nitrogens is 1. The average molecular weight is 205 g/mol. The van der Waals surface area contributed by atoms with Gasteiger partial charge in [-0.05, 0) is 26.0 Å². The van der Waals surface area contributed by atoms with Crippen molar-refractivity contribution in [3.05, 3.63) is 30.0 Å². The van der Waals surface area contributed by atoms with Crippen LogP contribution in [0.4, 0.5) is 0 Å². The molecule has 0 spiro atoms. The third-order valence-electron chi connectivity index (χ3n) is 2.49. The van der Waals surface area contributed by atoms with Gasteiger partial charge >= 0.3 is 5.97 Å². The van der Waals surface area contributed by atoms with Crippen LogP contribution in [0, 0.1) is 0 Å². The first-order chi connectivity index (χ1) is 7.03. The van der Waals surface area contributed by atoms with Gasteiger partial charge in [0.25, 0.3) is 0 Å². The molecule has 1 aromatic carbocycles. The maximum atomic E-state index is 11.1. The number of benzene rings is 1. The van der Waals surface area contributed by atoms with Crippen molar-refractivity contribution in [2.45, 2.75) is 19.3 Å². The van der Waals surface area contributed by atoms with Gasteiger partial charge < -0.3 is 9.63 Å². The molecule has 4 nitrogen and oxygen atoms in total. The van der Waals surface area contributed by atoms with Gasteiger partial charge in [-0.15, -0.1) is 0 Å². The highest BCUT2D eigenvalue weighted by Gasteiger charge is 2.35. The summed E-state index contributed by atoms with van der Waals surface area (Å²) in [5.74, 6) is -0.532. The first-order valence-corrected chi connectivity index (χ1v) is 4.62. The summed E-state index contributed by atoms with van der Waals surface area (Å²) in [7, 11) is 0. The lowest BCUT2D eigenvalue weighted by atomic mass is 9.88. The summed E-state index contributed by atoms with van der Waals surface area (Å²) in [6, 6.07) is 7.27. The fraction of sp³-hybridized carbons (Fsp3) is 0.273. The molecule has 0 amide bonds. The van der Waals surface area contributed by atoms with E-state index in [-0.39, 0.29) is 0 Å². The van der Waals surface area contributed by atoms with E-state index in [4.69, 9.17) is 9.63 Å². The minimum atomic E-state index is -1.06. The molecule has 2 rings (SSSR count). The van der Waals surface area contributed by atoms with Crippen molar-refractivity contribution >= 4 is 16.9 Å². The van der Waals surface area contributed by atoms with E-state index in [1.54, 1.807) is 19.9 Å². The van der Waals surface area contributed by atoms with Gasteiger partial charge in [0.1, 0.15) is 10.9 Å². The Morgan fingerprint density at radius 3 is 2.73 bits per heavy atom. The summed E-state index contributed by atoms with van der Waals surface area (Å²) in [5.41, 5.74) is -0.377. The molecule has 1 N–H and O–H groups in total. The number of rotatable bonds is 2. The van der Waals surface area contributed by atoms with Crippen LogP contribution in [0.3, 0.4) is 0 Å². The topological polar surface area (TPSA) is 63.3 Å². The molecule has 0 aliphatic heterocycles. The number of hydrogen-bond donors (Lipinski definition) is 1. The molecular formula is C11H11NO3. The van der Waals surface area contributed by atoms with Crippen LogP contribution in [0.2, 0.25) is 0 Å². The lowest BCUT2D eigenvalue weighted by molar-refractivity contribution is -0.143. The summed E-state index contributed by atoms with van der Waals surface area (Å²) in [4.78, 5) is 11.1. The zero-order valence-corrected chi connectivity index (χ0v) is 8.52. The number of fused-ring (bicyclic) bond motifs is 1. The van der Waals surface area contributed by atoms with Gasteiger partial charge in [0.2, 0.25) is 0 Å². The molecule has 78 valence electrons.